The number of alkyl halides is 6. The van der Waals surface area contributed by atoms with E-state index >= 15 is 0 Å². The molecule has 1 aliphatic heterocycles. The number of halogens is 7. The lowest BCUT2D eigenvalue weighted by Gasteiger charge is -2.35. The standard InChI is InChI=1S/C17H19ClF6N2O4S/c1-31(28,29)26(13-4-2-12(18)3-5-13)10-11-6-8-25(9-7-11)15(27)30-14(16(19,20)21)17(22,23)24/h2-5,11,14H,6-10H2,1H3. The van der Waals surface area contributed by atoms with Gasteiger partial charge in [-0.15, -0.1) is 0 Å². The number of amides is 1. The second-order valence-electron chi connectivity index (χ2n) is 7.05. The van der Waals surface area contributed by atoms with E-state index in [1.54, 1.807) is 0 Å². The van der Waals surface area contributed by atoms with Crippen LogP contribution in [0.15, 0.2) is 24.3 Å². The molecule has 1 aliphatic rings. The van der Waals surface area contributed by atoms with E-state index in [1.165, 1.54) is 24.3 Å². The molecule has 0 unspecified atom stereocenters. The lowest BCUT2D eigenvalue weighted by molar-refractivity contribution is -0.308. The fraction of sp³-hybridized carbons (Fsp3) is 0.588. The molecule has 0 N–H and O–H groups in total. The highest BCUT2D eigenvalue weighted by atomic mass is 35.5. The Morgan fingerprint density at radius 2 is 1.61 bits per heavy atom. The summed E-state index contributed by atoms with van der Waals surface area (Å²) in [4.78, 5) is 12.6. The molecule has 0 spiro atoms. The first-order valence-electron chi connectivity index (χ1n) is 8.91. The summed E-state index contributed by atoms with van der Waals surface area (Å²) in [6.07, 6.45) is -16.2. The second kappa shape index (κ2) is 9.31. The Morgan fingerprint density at radius 3 is 2.03 bits per heavy atom. The van der Waals surface area contributed by atoms with Crippen LogP contribution in [0.4, 0.5) is 36.8 Å². The minimum absolute atomic E-state index is 0.0249. The highest BCUT2D eigenvalue weighted by molar-refractivity contribution is 7.92. The lowest BCUT2D eigenvalue weighted by atomic mass is 9.97. The topological polar surface area (TPSA) is 66.9 Å². The molecule has 1 fully saturated rings. The molecule has 1 heterocycles. The van der Waals surface area contributed by atoms with Gasteiger partial charge in [0.2, 0.25) is 10.0 Å². The van der Waals surface area contributed by atoms with Crippen LogP contribution in [0.25, 0.3) is 0 Å². The van der Waals surface area contributed by atoms with E-state index in [1.807, 2.05) is 0 Å². The van der Waals surface area contributed by atoms with Gasteiger partial charge in [0.15, 0.2) is 0 Å². The molecule has 2 rings (SSSR count). The van der Waals surface area contributed by atoms with E-state index < -0.39 is 34.6 Å². The van der Waals surface area contributed by atoms with Crippen molar-refractivity contribution in [2.24, 2.45) is 5.92 Å². The summed E-state index contributed by atoms with van der Waals surface area (Å²) in [7, 11) is -3.67. The van der Waals surface area contributed by atoms with Crippen molar-refractivity contribution >= 4 is 33.4 Å². The maximum atomic E-state index is 12.6. The number of carbonyl (C=O) groups is 1. The Balaban J connectivity index is 2.01. The van der Waals surface area contributed by atoms with Crippen molar-refractivity contribution in [2.45, 2.75) is 31.3 Å². The van der Waals surface area contributed by atoms with Crippen molar-refractivity contribution in [3.63, 3.8) is 0 Å². The van der Waals surface area contributed by atoms with Crippen molar-refractivity contribution in [1.29, 1.82) is 0 Å². The van der Waals surface area contributed by atoms with Gasteiger partial charge in [-0.2, -0.15) is 26.3 Å². The van der Waals surface area contributed by atoms with E-state index in [2.05, 4.69) is 4.74 Å². The lowest BCUT2D eigenvalue weighted by Crippen LogP contribution is -2.49. The fourth-order valence-electron chi connectivity index (χ4n) is 3.07. The molecule has 0 bridgehead atoms. The van der Waals surface area contributed by atoms with Crippen molar-refractivity contribution in [3.8, 4) is 0 Å². The van der Waals surface area contributed by atoms with Gasteiger partial charge in [-0.05, 0) is 43.0 Å². The SMILES string of the molecule is CS(=O)(=O)N(CC1CCN(C(=O)OC(C(F)(F)F)C(F)(F)F)CC1)c1ccc(Cl)cc1. The number of likely N-dealkylation sites (tertiary alicyclic amines) is 1. The van der Waals surface area contributed by atoms with Crippen LogP contribution in [0.2, 0.25) is 5.02 Å². The summed E-state index contributed by atoms with van der Waals surface area (Å²) < 4.78 is 105. The van der Waals surface area contributed by atoms with Gasteiger partial charge in [-0.25, -0.2) is 13.2 Å². The van der Waals surface area contributed by atoms with Crippen LogP contribution in [0.3, 0.4) is 0 Å². The molecule has 1 amide bonds. The van der Waals surface area contributed by atoms with E-state index in [4.69, 9.17) is 11.6 Å². The minimum atomic E-state index is -5.79. The molecule has 31 heavy (non-hydrogen) atoms. The molecule has 0 aliphatic carbocycles. The number of carbonyl (C=O) groups excluding carboxylic acids is 1. The number of sulfonamides is 1. The maximum Gasteiger partial charge on any atom is 0.434 e. The van der Waals surface area contributed by atoms with Gasteiger partial charge in [0.1, 0.15) is 0 Å². The average Bonchev–Trinajstić information content (AvgIpc) is 2.62. The Labute approximate surface area is 179 Å². The monoisotopic (exact) mass is 496 g/mol. The van der Waals surface area contributed by atoms with Crippen LogP contribution in [0.5, 0.6) is 0 Å². The van der Waals surface area contributed by atoms with Gasteiger partial charge in [-0.1, -0.05) is 11.6 Å². The normalized spacial score (nSPS) is 16.5. The molecule has 0 atom stereocenters. The van der Waals surface area contributed by atoms with Crippen LogP contribution in [0.1, 0.15) is 12.8 Å². The number of nitrogens with zero attached hydrogens (tertiary/aromatic N) is 2. The van der Waals surface area contributed by atoms with Gasteiger partial charge in [0, 0.05) is 24.7 Å². The van der Waals surface area contributed by atoms with Gasteiger partial charge in [-0.3, -0.25) is 4.31 Å². The summed E-state index contributed by atoms with van der Waals surface area (Å²) in [6, 6.07) is 6.02. The zero-order valence-electron chi connectivity index (χ0n) is 16.1. The smallest absolute Gasteiger partial charge is 0.426 e. The summed E-state index contributed by atoms with van der Waals surface area (Å²) in [5, 5.41) is 0.403. The minimum Gasteiger partial charge on any atom is -0.426 e. The number of benzene rings is 1. The molecule has 176 valence electrons. The summed E-state index contributed by atoms with van der Waals surface area (Å²) in [5.74, 6) is -0.282. The Hall–Kier alpha value is -1.89. The molecule has 14 heteroatoms. The third kappa shape index (κ3) is 7.06. The van der Waals surface area contributed by atoms with E-state index in [-0.39, 0.29) is 38.4 Å². The Bertz CT molecular complexity index is 854. The zero-order valence-corrected chi connectivity index (χ0v) is 17.7. The first kappa shape index (κ1) is 25.4. The van der Waals surface area contributed by atoms with Gasteiger partial charge < -0.3 is 9.64 Å². The van der Waals surface area contributed by atoms with Crippen LogP contribution in [-0.4, -0.2) is 63.8 Å². The van der Waals surface area contributed by atoms with Crippen LogP contribution < -0.4 is 4.31 Å². The zero-order chi connectivity index (χ0) is 23.6. The number of hydrogen-bond acceptors (Lipinski definition) is 4. The third-order valence-corrected chi connectivity index (χ3v) is 6.04. The first-order chi connectivity index (χ1) is 14.1. The molecular weight excluding hydrogens is 478 g/mol. The number of hydrogen-bond donors (Lipinski definition) is 0. The average molecular weight is 497 g/mol. The molecule has 1 saturated heterocycles. The molecule has 0 saturated carbocycles. The quantitative estimate of drug-likeness (QED) is 0.565. The van der Waals surface area contributed by atoms with Crippen molar-refractivity contribution < 1.29 is 44.3 Å². The molecule has 1 aromatic carbocycles. The molecular formula is C17H19ClF6N2O4S. The van der Waals surface area contributed by atoms with E-state index in [0.29, 0.717) is 10.7 Å². The van der Waals surface area contributed by atoms with Crippen LogP contribution in [0, 0.1) is 5.92 Å². The Kier molecular flexibility index (Phi) is 7.62. The molecule has 0 aromatic heterocycles. The number of piperidine rings is 1. The number of anilines is 1. The predicted molar refractivity (Wildman–Crippen MR) is 100 cm³/mol. The largest absolute Gasteiger partial charge is 0.434 e. The fourth-order valence-corrected chi connectivity index (χ4v) is 4.18. The van der Waals surface area contributed by atoms with Crippen molar-refractivity contribution in [2.75, 3.05) is 30.2 Å². The van der Waals surface area contributed by atoms with Gasteiger partial charge in [0.05, 0.1) is 11.9 Å². The van der Waals surface area contributed by atoms with Gasteiger partial charge in [0.25, 0.3) is 6.10 Å². The Morgan fingerprint density at radius 1 is 1.13 bits per heavy atom. The molecule has 1 aromatic rings. The predicted octanol–water partition coefficient (Wildman–Crippen LogP) is 4.45. The van der Waals surface area contributed by atoms with Gasteiger partial charge >= 0.3 is 18.4 Å². The van der Waals surface area contributed by atoms with Crippen LogP contribution in [-0.2, 0) is 14.8 Å². The summed E-state index contributed by atoms with van der Waals surface area (Å²) in [5.41, 5.74) is 0.354. The first-order valence-corrected chi connectivity index (χ1v) is 11.1. The van der Waals surface area contributed by atoms with E-state index in [0.717, 1.165) is 15.5 Å². The van der Waals surface area contributed by atoms with Crippen molar-refractivity contribution in [3.05, 3.63) is 29.3 Å². The molecule has 0 radical (unpaired) electrons. The summed E-state index contributed by atoms with van der Waals surface area (Å²) in [6.45, 7) is -0.328. The second-order valence-corrected chi connectivity index (χ2v) is 9.39. The van der Waals surface area contributed by atoms with Crippen LogP contribution >= 0.6 is 11.6 Å². The number of ether oxygens (including phenoxy) is 1. The maximum absolute atomic E-state index is 12.6. The highest BCUT2D eigenvalue weighted by Gasteiger charge is 2.60. The molecule has 6 nitrogen and oxygen atoms in total. The third-order valence-electron chi connectivity index (χ3n) is 4.62. The number of rotatable bonds is 5. The summed E-state index contributed by atoms with van der Waals surface area (Å²) >= 11 is 5.80. The highest BCUT2D eigenvalue weighted by Crippen LogP contribution is 2.36. The van der Waals surface area contributed by atoms with E-state index in [9.17, 15) is 39.6 Å². The van der Waals surface area contributed by atoms with Crippen molar-refractivity contribution in [1.82, 2.24) is 4.90 Å².